The van der Waals surface area contributed by atoms with Gasteiger partial charge in [0, 0.05) is 12.4 Å². The van der Waals surface area contributed by atoms with Gasteiger partial charge in [-0.3, -0.25) is 4.40 Å². The predicted octanol–water partition coefficient (Wildman–Crippen LogP) is 3.24. The van der Waals surface area contributed by atoms with Gasteiger partial charge in [0.1, 0.15) is 11.6 Å². The van der Waals surface area contributed by atoms with Crippen molar-refractivity contribution >= 4 is 17.2 Å². The number of benzene rings is 1. The van der Waals surface area contributed by atoms with E-state index in [4.69, 9.17) is 11.6 Å². The summed E-state index contributed by atoms with van der Waals surface area (Å²) in [5, 5.41) is 8.60. The van der Waals surface area contributed by atoms with Gasteiger partial charge < -0.3 is 0 Å². The van der Waals surface area contributed by atoms with Gasteiger partial charge in [-0.25, -0.2) is 9.37 Å². The van der Waals surface area contributed by atoms with E-state index in [-0.39, 0.29) is 5.82 Å². The standard InChI is InChI=1S/C14H12ClFN4/c1-14(2,9-3-5-10(16)6-4-9)13-19-18-12-11(15)17-7-8-20(12)13/h3-8H,1-2H3. The second-order valence-corrected chi connectivity index (χ2v) is 5.43. The SMILES string of the molecule is CC(C)(c1ccc(F)cc1)c1nnc2c(Cl)nccn12. The molecule has 0 bridgehead atoms. The Balaban J connectivity index is 2.18. The van der Waals surface area contributed by atoms with Crippen molar-refractivity contribution in [2.24, 2.45) is 0 Å². The van der Waals surface area contributed by atoms with Gasteiger partial charge in [-0.2, -0.15) is 0 Å². The van der Waals surface area contributed by atoms with Crippen LogP contribution in [0.5, 0.6) is 0 Å². The Hall–Kier alpha value is -2.01. The summed E-state index contributed by atoms with van der Waals surface area (Å²) in [6, 6.07) is 6.38. The lowest BCUT2D eigenvalue weighted by atomic mass is 9.84. The molecular weight excluding hydrogens is 279 g/mol. The van der Waals surface area contributed by atoms with Crippen LogP contribution in [-0.4, -0.2) is 19.6 Å². The van der Waals surface area contributed by atoms with Crippen LogP contribution < -0.4 is 0 Å². The summed E-state index contributed by atoms with van der Waals surface area (Å²) in [4.78, 5) is 3.98. The van der Waals surface area contributed by atoms with Gasteiger partial charge in [0.15, 0.2) is 10.8 Å². The largest absolute Gasteiger partial charge is 0.282 e. The zero-order valence-electron chi connectivity index (χ0n) is 11.0. The quantitative estimate of drug-likeness (QED) is 0.728. The molecule has 0 saturated heterocycles. The maximum Gasteiger partial charge on any atom is 0.198 e. The Labute approximate surface area is 120 Å². The molecule has 6 heteroatoms. The topological polar surface area (TPSA) is 43.1 Å². The van der Waals surface area contributed by atoms with Crippen molar-refractivity contribution in [2.45, 2.75) is 19.3 Å². The van der Waals surface area contributed by atoms with E-state index in [0.29, 0.717) is 10.8 Å². The van der Waals surface area contributed by atoms with Crippen LogP contribution in [0.25, 0.3) is 5.65 Å². The van der Waals surface area contributed by atoms with Gasteiger partial charge >= 0.3 is 0 Å². The molecule has 0 amide bonds. The smallest absolute Gasteiger partial charge is 0.198 e. The highest BCUT2D eigenvalue weighted by atomic mass is 35.5. The molecule has 0 aliphatic rings. The monoisotopic (exact) mass is 290 g/mol. The van der Waals surface area contributed by atoms with Crippen molar-refractivity contribution in [1.82, 2.24) is 19.6 Å². The molecule has 0 saturated carbocycles. The maximum absolute atomic E-state index is 13.1. The van der Waals surface area contributed by atoms with Gasteiger partial charge in [0.25, 0.3) is 0 Å². The second-order valence-electron chi connectivity index (χ2n) is 5.07. The Kier molecular flexibility index (Phi) is 2.94. The summed E-state index contributed by atoms with van der Waals surface area (Å²) >= 11 is 6.00. The summed E-state index contributed by atoms with van der Waals surface area (Å²) in [5.74, 6) is 0.464. The van der Waals surface area contributed by atoms with E-state index >= 15 is 0 Å². The summed E-state index contributed by atoms with van der Waals surface area (Å²) in [6.07, 6.45) is 3.37. The van der Waals surface area contributed by atoms with Gasteiger partial charge in [0.2, 0.25) is 0 Å². The third kappa shape index (κ3) is 1.94. The highest BCUT2D eigenvalue weighted by molar-refractivity contribution is 6.32. The molecule has 0 aliphatic heterocycles. The van der Waals surface area contributed by atoms with Crippen LogP contribution >= 0.6 is 11.6 Å². The molecule has 2 aromatic heterocycles. The molecule has 0 aliphatic carbocycles. The van der Waals surface area contributed by atoms with E-state index in [1.807, 2.05) is 13.8 Å². The van der Waals surface area contributed by atoms with Crippen molar-refractivity contribution in [2.75, 3.05) is 0 Å². The van der Waals surface area contributed by atoms with Crippen molar-refractivity contribution in [3.63, 3.8) is 0 Å². The summed E-state index contributed by atoms with van der Waals surface area (Å²) in [6.45, 7) is 4.01. The first kappa shape index (κ1) is 13.0. The number of fused-ring (bicyclic) bond motifs is 1. The average Bonchev–Trinajstić information content (AvgIpc) is 2.85. The van der Waals surface area contributed by atoms with Gasteiger partial charge in [0.05, 0.1) is 5.41 Å². The molecule has 0 fully saturated rings. The minimum atomic E-state index is -0.433. The lowest BCUT2D eigenvalue weighted by Crippen LogP contribution is -2.22. The Bertz CT molecular complexity index is 764. The third-order valence-electron chi connectivity index (χ3n) is 3.41. The maximum atomic E-state index is 13.1. The van der Waals surface area contributed by atoms with Crippen molar-refractivity contribution < 1.29 is 4.39 Å². The fraction of sp³-hybridized carbons (Fsp3) is 0.214. The molecular formula is C14H12ClFN4. The molecule has 4 nitrogen and oxygen atoms in total. The van der Waals surface area contributed by atoms with Crippen molar-refractivity contribution in [3.8, 4) is 0 Å². The fourth-order valence-electron chi connectivity index (χ4n) is 2.22. The third-order valence-corrected chi connectivity index (χ3v) is 3.68. The van der Waals surface area contributed by atoms with E-state index in [1.165, 1.54) is 12.1 Å². The lowest BCUT2D eigenvalue weighted by molar-refractivity contribution is 0.576. The van der Waals surface area contributed by atoms with Gasteiger partial charge in [-0.05, 0) is 31.5 Å². The van der Waals surface area contributed by atoms with Gasteiger partial charge in [-0.15, -0.1) is 10.2 Å². The molecule has 0 unspecified atom stereocenters. The number of aromatic nitrogens is 4. The lowest BCUT2D eigenvalue weighted by Gasteiger charge is -2.23. The number of hydrogen-bond donors (Lipinski definition) is 0. The summed E-state index contributed by atoms with van der Waals surface area (Å²) in [5.41, 5.74) is 1.03. The number of hydrogen-bond acceptors (Lipinski definition) is 3. The van der Waals surface area contributed by atoms with Crippen LogP contribution in [-0.2, 0) is 5.41 Å². The molecule has 0 radical (unpaired) electrons. The van der Waals surface area contributed by atoms with Crippen LogP contribution in [0.15, 0.2) is 36.7 Å². The normalized spacial score (nSPS) is 12.0. The van der Waals surface area contributed by atoms with E-state index in [9.17, 15) is 4.39 Å². The van der Waals surface area contributed by atoms with Crippen LogP contribution in [0, 0.1) is 5.82 Å². The predicted molar refractivity (Wildman–Crippen MR) is 74.3 cm³/mol. The Morgan fingerprint density at radius 1 is 1.15 bits per heavy atom. The first-order chi connectivity index (χ1) is 9.50. The summed E-state index contributed by atoms with van der Waals surface area (Å²) in [7, 11) is 0. The molecule has 20 heavy (non-hydrogen) atoms. The van der Waals surface area contributed by atoms with Crippen molar-refractivity contribution in [3.05, 3.63) is 59.0 Å². The first-order valence-electron chi connectivity index (χ1n) is 6.12. The van der Waals surface area contributed by atoms with Gasteiger partial charge in [-0.1, -0.05) is 23.7 Å². The zero-order chi connectivity index (χ0) is 14.3. The summed E-state index contributed by atoms with van der Waals surface area (Å²) < 4.78 is 14.9. The van der Waals surface area contributed by atoms with Crippen LogP contribution in [0.2, 0.25) is 5.15 Å². The highest BCUT2D eigenvalue weighted by Crippen LogP contribution is 2.31. The molecule has 2 heterocycles. The fourth-order valence-corrected chi connectivity index (χ4v) is 2.40. The zero-order valence-corrected chi connectivity index (χ0v) is 11.8. The minimum absolute atomic E-state index is 0.261. The molecule has 102 valence electrons. The van der Waals surface area contributed by atoms with Crippen LogP contribution in [0.3, 0.4) is 0 Å². The van der Waals surface area contributed by atoms with E-state index < -0.39 is 5.41 Å². The van der Waals surface area contributed by atoms with Crippen molar-refractivity contribution in [1.29, 1.82) is 0 Å². The first-order valence-corrected chi connectivity index (χ1v) is 6.50. The Morgan fingerprint density at radius 3 is 2.55 bits per heavy atom. The molecule has 0 N–H and O–H groups in total. The molecule has 1 aromatic carbocycles. The molecule has 0 spiro atoms. The van der Waals surface area contributed by atoms with Crippen LogP contribution in [0.4, 0.5) is 4.39 Å². The molecule has 0 atom stereocenters. The number of nitrogens with zero attached hydrogens (tertiary/aromatic N) is 4. The number of rotatable bonds is 2. The molecule has 3 rings (SSSR count). The number of halogens is 2. The highest BCUT2D eigenvalue weighted by Gasteiger charge is 2.29. The Morgan fingerprint density at radius 2 is 1.85 bits per heavy atom. The van der Waals surface area contributed by atoms with E-state index in [0.717, 1.165) is 11.4 Å². The van der Waals surface area contributed by atoms with Crippen LogP contribution in [0.1, 0.15) is 25.2 Å². The molecule has 3 aromatic rings. The average molecular weight is 291 g/mol. The second kappa shape index (κ2) is 4.52. The van der Waals surface area contributed by atoms with E-state index in [2.05, 4.69) is 15.2 Å². The van der Waals surface area contributed by atoms with E-state index in [1.54, 1.807) is 28.9 Å². The minimum Gasteiger partial charge on any atom is -0.282 e.